The van der Waals surface area contributed by atoms with Gasteiger partial charge in [-0.2, -0.15) is 0 Å². The maximum Gasteiger partial charge on any atom is 0.337 e. The molecule has 0 aromatic heterocycles. The summed E-state index contributed by atoms with van der Waals surface area (Å²) in [5.74, 6) is -0.662. The zero-order valence-corrected chi connectivity index (χ0v) is 27.6. The summed E-state index contributed by atoms with van der Waals surface area (Å²) in [7, 11) is 2.73. The van der Waals surface area contributed by atoms with Crippen LogP contribution in [-0.4, -0.2) is 74.1 Å². The van der Waals surface area contributed by atoms with Gasteiger partial charge in [0.15, 0.2) is 0 Å². The van der Waals surface area contributed by atoms with Crippen LogP contribution in [0.2, 0.25) is 0 Å². The van der Waals surface area contributed by atoms with E-state index in [1.807, 2.05) is 84.9 Å². The highest BCUT2D eigenvalue weighted by atomic mass is 16.5. The fourth-order valence-electron chi connectivity index (χ4n) is 5.15. The molecule has 0 spiro atoms. The van der Waals surface area contributed by atoms with Crippen molar-refractivity contribution in [1.29, 1.82) is 0 Å². The molecule has 0 saturated carbocycles. The maximum atomic E-state index is 13.4. The molecule has 0 unspecified atom stereocenters. The van der Waals surface area contributed by atoms with Crippen molar-refractivity contribution in [1.82, 2.24) is 9.80 Å². The Morgan fingerprint density at radius 1 is 0.646 bits per heavy atom. The van der Waals surface area contributed by atoms with Crippen LogP contribution in [-0.2, 0) is 27.4 Å². The van der Waals surface area contributed by atoms with E-state index in [4.69, 9.17) is 4.74 Å². The summed E-state index contributed by atoms with van der Waals surface area (Å²) in [5.41, 5.74) is 4.94. The van der Waals surface area contributed by atoms with Crippen LogP contribution in [0.4, 0.5) is 16.2 Å². The van der Waals surface area contributed by atoms with Crippen molar-refractivity contribution >= 4 is 35.3 Å². The average molecular weight is 651 g/mol. The number of esters is 2. The SMILES string of the molecule is COC(=O)c1ccc(CN(C(=O)N2CCCN(C(C)=O)CC2)c2ccccc2)cc1.COC(=O)c1ccc(CNc2ccccc2)cc1. The van der Waals surface area contributed by atoms with Crippen LogP contribution in [0.3, 0.4) is 0 Å². The van der Waals surface area contributed by atoms with E-state index >= 15 is 0 Å². The second-order valence-corrected chi connectivity index (χ2v) is 11.1. The number of methoxy groups -OCH3 is 2. The minimum Gasteiger partial charge on any atom is -0.465 e. The van der Waals surface area contributed by atoms with E-state index in [-0.39, 0.29) is 17.9 Å². The molecule has 0 bridgehead atoms. The molecule has 1 heterocycles. The van der Waals surface area contributed by atoms with Gasteiger partial charge in [-0.15, -0.1) is 0 Å². The Labute approximate surface area is 281 Å². The lowest BCUT2D eigenvalue weighted by Gasteiger charge is -2.30. The van der Waals surface area contributed by atoms with Gasteiger partial charge in [0.05, 0.1) is 31.9 Å². The Bertz CT molecular complexity index is 1630. The van der Waals surface area contributed by atoms with Crippen molar-refractivity contribution in [3.05, 3.63) is 131 Å². The average Bonchev–Trinajstić information content (AvgIpc) is 3.40. The van der Waals surface area contributed by atoms with Crippen LogP contribution in [0.15, 0.2) is 109 Å². The highest BCUT2D eigenvalue weighted by Gasteiger charge is 2.26. The summed E-state index contributed by atoms with van der Waals surface area (Å²) in [6.07, 6.45) is 0.752. The molecular formula is C38H42N4O6. The molecule has 5 rings (SSSR count). The number of benzene rings is 4. The van der Waals surface area contributed by atoms with Gasteiger partial charge in [-0.3, -0.25) is 9.69 Å². The van der Waals surface area contributed by atoms with Crippen molar-refractivity contribution in [3.8, 4) is 0 Å². The van der Waals surface area contributed by atoms with Crippen molar-refractivity contribution in [3.63, 3.8) is 0 Å². The molecule has 3 amide bonds. The van der Waals surface area contributed by atoms with E-state index in [1.165, 1.54) is 14.2 Å². The molecule has 10 heteroatoms. The molecule has 1 fully saturated rings. The summed E-state index contributed by atoms with van der Waals surface area (Å²) in [5, 5.41) is 3.31. The lowest BCUT2D eigenvalue weighted by molar-refractivity contribution is -0.128. The van der Waals surface area contributed by atoms with Crippen LogP contribution in [0.5, 0.6) is 0 Å². The molecule has 48 heavy (non-hydrogen) atoms. The number of nitrogens with zero attached hydrogens (tertiary/aromatic N) is 3. The molecule has 4 aromatic carbocycles. The van der Waals surface area contributed by atoms with E-state index in [0.29, 0.717) is 43.9 Å². The predicted molar refractivity (Wildman–Crippen MR) is 186 cm³/mol. The summed E-state index contributed by atoms with van der Waals surface area (Å²) < 4.78 is 9.39. The van der Waals surface area contributed by atoms with Gasteiger partial charge in [0, 0.05) is 51.0 Å². The predicted octanol–water partition coefficient (Wildman–Crippen LogP) is 6.24. The lowest BCUT2D eigenvalue weighted by Crippen LogP contribution is -2.45. The standard InChI is InChI=1S/C23H27N3O4.C15H15NO2/c1-18(27)24-13-6-14-25(16-15-24)23(29)26(21-7-4-3-5-8-21)17-19-9-11-20(12-10-19)22(28)30-2;1-18-15(17)13-9-7-12(8-10-13)11-16-14-5-3-2-4-6-14/h3-5,7-12H,6,13-17H2,1-2H3;2-10,16H,11H2,1H3. The van der Waals surface area contributed by atoms with E-state index < -0.39 is 5.97 Å². The maximum absolute atomic E-state index is 13.4. The Hall–Kier alpha value is -5.64. The first kappa shape index (κ1) is 35.2. The minimum atomic E-state index is -0.392. The van der Waals surface area contributed by atoms with Gasteiger partial charge >= 0.3 is 18.0 Å². The number of rotatable bonds is 8. The fraction of sp³-hybridized carbons (Fsp3) is 0.263. The van der Waals surface area contributed by atoms with E-state index in [9.17, 15) is 19.2 Å². The third-order valence-corrected chi connectivity index (χ3v) is 7.87. The number of hydrogen-bond acceptors (Lipinski definition) is 7. The molecule has 1 saturated heterocycles. The van der Waals surface area contributed by atoms with Crippen LogP contribution in [0, 0.1) is 0 Å². The van der Waals surface area contributed by atoms with Gasteiger partial charge in [-0.25, -0.2) is 14.4 Å². The van der Waals surface area contributed by atoms with Crippen molar-refractivity contribution in [2.75, 3.05) is 50.6 Å². The Kier molecular flexibility index (Phi) is 13.1. The monoisotopic (exact) mass is 650 g/mol. The Balaban J connectivity index is 0.000000246. The minimum absolute atomic E-state index is 0.0370. The molecule has 1 aliphatic heterocycles. The van der Waals surface area contributed by atoms with Gasteiger partial charge in [0.2, 0.25) is 5.91 Å². The molecule has 4 aromatic rings. The van der Waals surface area contributed by atoms with Crippen molar-refractivity contribution in [2.24, 2.45) is 0 Å². The number of urea groups is 1. The molecule has 0 aliphatic carbocycles. The number of anilines is 2. The summed E-state index contributed by atoms with van der Waals surface area (Å²) >= 11 is 0. The molecule has 0 radical (unpaired) electrons. The van der Waals surface area contributed by atoms with Crippen LogP contribution in [0.1, 0.15) is 45.2 Å². The second kappa shape index (κ2) is 17.9. The molecule has 0 atom stereocenters. The lowest BCUT2D eigenvalue weighted by atomic mass is 10.1. The Morgan fingerprint density at radius 3 is 1.69 bits per heavy atom. The molecular weight excluding hydrogens is 608 g/mol. The highest BCUT2D eigenvalue weighted by molar-refractivity contribution is 5.92. The third kappa shape index (κ3) is 10.2. The van der Waals surface area contributed by atoms with Gasteiger partial charge in [-0.05, 0) is 66.1 Å². The number of nitrogens with one attached hydrogen (secondary N) is 1. The number of carbonyl (C=O) groups excluding carboxylic acids is 4. The number of ether oxygens (including phenoxy) is 2. The first-order valence-corrected chi connectivity index (χ1v) is 15.8. The zero-order valence-electron chi connectivity index (χ0n) is 27.6. The fourth-order valence-corrected chi connectivity index (χ4v) is 5.15. The first-order valence-electron chi connectivity index (χ1n) is 15.8. The molecule has 10 nitrogen and oxygen atoms in total. The number of hydrogen-bond donors (Lipinski definition) is 1. The van der Waals surface area contributed by atoms with Crippen LogP contribution < -0.4 is 10.2 Å². The largest absolute Gasteiger partial charge is 0.465 e. The van der Waals surface area contributed by atoms with Gasteiger partial charge < -0.3 is 24.6 Å². The van der Waals surface area contributed by atoms with Crippen molar-refractivity contribution in [2.45, 2.75) is 26.4 Å². The normalized spacial score (nSPS) is 12.5. The molecule has 1 N–H and O–H groups in total. The number of carbonyl (C=O) groups is 4. The Morgan fingerprint density at radius 2 is 1.15 bits per heavy atom. The molecule has 1 aliphatic rings. The van der Waals surface area contributed by atoms with Crippen molar-refractivity contribution < 1.29 is 28.7 Å². The van der Waals surface area contributed by atoms with E-state index in [0.717, 1.165) is 35.5 Å². The number of amides is 3. The number of para-hydroxylation sites is 2. The summed E-state index contributed by atoms with van der Waals surface area (Å²) in [6, 6.07) is 33.9. The van der Waals surface area contributed by atoms with Gasteiger partial charge in [-0.1, -0.05) is 60.7 Å². The van der Waals surface area contributed by atoms with Crippen LogP contribution >= 0.6 is 0 Å². The first-order chi connectivity index (χ1) is 23.3. The van der Waals surface area contributed by atoms with Crippen LogP contribution in [0.25, 0.3) is 0 Å². The third-order valence-electron chi connectivity index (χ3n) is 7.87. The van der Waals surface area contributed by atoms with Gasteiger partial charge in [0.25, 0.3) is 0 Å². The topological polar surface area (TPSA) is 108 Å². The van der Waals surface area contributed by atoms with Gasteiger partial charge in [0.1, 0.15) is 0 Å². The van der Waals surface area contributed by atoms with E-state index in [2.05, 4.69) is 10.1 Å². The second-order valence-electron chi connectivity index (χ2n) is 11.1. The highest BCUT2D eigenvalue weighted by Crippen LogP contribution is 2.21. The summed E-state index contributed by atoms with van der Waals surface area (Å²) in [6.45, 7) is 4.97. The quantitative estimate of drug-likeness (QED) is 0.225. The molecule has 250 valence electrons. The summed E-state index contributed by atoms with van der Waals surface area (Å²) in [4.78, 5) is 53.4. The smallest absolute Gasteiger partial charge is 0.337 e. The zero-order chi connectivity index (χ0) is 34.3. The van der Waals surface area contributed by atoms with E-state index in [1.54, 1.807) is 45.9 Å².